The molecule has 0 aliphatic carbocycles. The lowest BCUT2D eigenvalue weighted by molar-refractivity contribution is 0.202. The van der Waals surface area contributed by atoms with E-state index in [1.165, 1.54) is 23.5 Å². The Hall–Kier alpha value is -2.04. The molecule has 1 unspecified atom stereocenters. The van der Waals surface area contributed by atoms with Crippen molar-refractivity contribution in [1.29, 1.82) is 0 Å². The van der Waals surface area contributed by atoms with Crippen LogP contribution < -0.4 is 15.8 Å². The number of rotatable bonds is 8. The number of benzene rings is 1. The van der Waals surface area contributed by atoms with Crippen molar-refractivity contribution in [3.63, 3.8) is 0 Å². The highest BCUT2D eigenvalue weighted by atomic mass is 35.5. The van der Waals surface area contributed by atoms with Gasteiger partial charge in [-0.25, -0.2) is 9.37 Å². The molecule has 0 radical (unpaired) electrons. The number of nitrogens with zero attached hydrogens (tertiary/aromatic N) is 3. The molecule has 0 amide bonds. The molecule has 7 nitrogen and oxygen atoms in total. The van der Waals surface area contributed by atoms with Crippen molar-refractivity contribution in [1.82, 2.24) is 15.2 Å². The molecule has 0 saturated heterocycles. The lowest BCUT2D eigenvalue weighted by Gasteiger charge is -2.12. The predicted octanol–water partition coefficient (Wildman–Crippen LogP) is 4.23. The number of aliphatic hydroxyl groups is 1. The van der Waals surface area contributed by atoms with Crippen LogP contribution in [-0.4, -0.2) is 45.6 Å². The number of halogens is 3. The van der Waals surface area contributed by atoms with Crippen molar-refractivity contribution >= 4 is 40.4 Å². The van der Waals surface area contributed by atoms with Gasteiger partial charge in [-0.3, -0.25) is 0 Å². The number of hydrogen-bond donors (Lipinski definition) is 3. The number of aliphatic hydroxyl groups excluding tert-OH is 1. The van der Waals surface area contributed by atoms with Gasteiger partial charge in [0.25, 0.3) is 0 Å². The third-order valence-corrected chi connectivity index (χ3v) is 5.48. The molecule has 0 spiro atoms. The summed E-state index contributed by atoms with van der Waals surface area (Å²) < 4.78 is 19.7. The minimum Gasteiger partial charge on any atom is -0.489 e. The Balaban J connectivity index is 1.84. The normalized spacial score (nSPS) is 12.3. The smallest absolute Gasteiger partial charge is 0.165 e. The van der Waals surface area contributed by atoms with Crippen LogP contribution in [0.15, 0.2) is 24.4 Å². The zero-order valence-electron chi connectivity index (χ0n) is 16.2. The summed E-state index contributed by atoms with van der Waals surface area (Å²) in [7, 11) is 0. The highest BCUT2D eigenvalue weighted by molar-refractivity contribution is 7.18. The zero-order chi connectivity index (χ0) is 21.8. The second-order valence-corrected chi connectivity index (χ2v) is 8.57. The second kappa shape index (κ2) is 9.84. The summed E-state index contributed by atoms with van der Waals surface area (Å²) in [5, 5.41) is 22.1. The van der Waals surface area contributed by atoms with Crippen LogP contribution in [0.3, 0.4) is 0 Å². The summed E-state index contributed by atoms with van der Waals surface area (Å²) in [5.41, 5.74) is 6.64. The molecule has 11 heteroatoms. The molecule has 0 aliphatic rings. The molecule has 1 aromatic carbocycles. The van der Waals surface area contributed by atoms with Crippen molar-refractivity contribution in [2.45, 2.75) is 25.9 Å². The Bertz CT molecular complexity index is 1030. The Morgan fingerprint density at radius 3 is 2.60 bits per heavy atom. The summed E-state index contributed by atoms with van der Waals surface area (Å²) >= 11 is 13.8. The van der Waals surface area contributed by atoms with Gasteiger partial charge >= 0.3 is 0 Å². The van der Waals surface area contributed by atoms with E-state index in [4.69, 9.17) is 38.8 Å². The average Bonchev–Trinajstić information content (AvgIpc) is 3.19. The minimum atomic E-state index is -0.620. The van der Waals surface area contributed by atoms with Gasteiger partial charge in [0.15, 0.2) is 11.6 Å². The number of nitrogens with one attached hydrogen (secondary N) is 1. The van der Waals surface area contributed by atoms with Crippen LogP contribution in [-0.2, 0) is 0 Å². The maximum Gasteiger partial charge on any atom is 0.165 e. The standard InChI is InChI=1S/C19H20Cl2FN5O2S/c1-9(2)25-17-14(21)3-10(6-24-17)18-26-27-19(30-18)12-4-15(22)16(5-13(12)20)29-8-11(23)7-28/h3-6,9,11,28H,7-8,23H2,1-2H3,(H,24,25). The first-order valence-electron chi connectivity index (χ1n) is 9.03. The van der Waals surface area contributed by atoms with Gasteiger partial charge in [-0.15, -0.1) is 10.2 Å². The number of aromatic nitrogens is 3. The van der Waals surface area contributed by atoms with Gasteiger partial charge < -0.3 is 20.9 Å². The number of ether oxygens (including phenoxy) is 1. The van der Waals surface area contributed by atoms with E-state index in [0.717, 1.165) is 0 Å². The van der Waals surface area contributed by atoms with Gasteiger partial charge in [0.05, 0.1) is 22.7 Å². The molecule has 3 aromatic rings. The zero-order valence-corrected chi connectivity index (χ0v) is 18.5. The molecule has 0 aliphatic heterocycles. The SMILES string of the molecule is CC(C)Nc1ncc(-c2nnc(-c3cc(F)c(OCC(N)CO)cc3Cl)s2)cc1Cl. The van der Waals surface area contributed by atoms with Gasteiger partial charge in [-0.1, -0.05) is 34.5 Å². The molecular weight excluding hydrogens is 452 g/mol. The third-order valence-electron chi connectivity index (χ3n) is 3.88. The van der Waals surface area contributed by atoms with Gasteiger partial charge in [0.1, 0.15) is 22.4 Å². The Morgan fingerprint density at radius 2 is 1.93 bits per heavy atom. The van der Waals surface area contributed by atoms with Crippen LogP contribution in [0.4, 0.5) is 10.2 Å². The van der Waals surface area contributed by atoms with Gasteiger partial charge in [0.2, 0.25) is 0 Å². The lowest BCUT2D eigenvalue weighted by Crippen LogP contribution is -2.31. The first-order chi connectivity index (χ1) is 14.3. The van der Waals surface area contributed by atoms with E-state index in [0.29, 0.717) is 32.0 Å². The van der Waals surface area contributed by atoms with Crippen molar-refractivity contribution < 1.29 is 14.2 Å². The summed E-state index contributed by atoms with van der Waals surface area (Å²) in [6, 6.07) is 3.90. The van der Waals surface area contributed by atoms with E-state index in [9.17, 15) is 4.39 Å². The summed E-state index contributed by atoms with van der Waals surface area (Å²) in [6.45, 7) is 3.67. The molecule has 0 saturated carbocycles. The van der Waals surface area contributed by atoms with Crippen LogP contribution in [0, 0.1) is 5.82 Å². The maximum atomic E-state index is 14.4. The molecule has 4 N–H and O–H groups in total. The first kappa shape index (κ1) is 22.6. The first-order valence-corrected chi connectivity index (χ1v) is 10.6. The molecule has 2 aromatic heterocycles. The Morgan fingerprint density at radius 1 is 1.20 bits per heavy atom. The molecule has 160 valence electrons. The highest BCUT2D eigenvalue weighted by Gasteiger charge is 2.17. The minimum absolute atomic E-state index is 0.0402. The number of anilines is 1. The number of hydrogen-bond acceptors (Lipinski definition) is 8. The summed E-state index contributed by atoms with van der Waals surface area (Å²) in [4.78, 5) is 4.33. The topological polar surface area (TPSA) is 106 Å². The van der Waals surface area contributed by atoms with Crippen LogP contribution in [0.5, 0.6) is 5.75 Å². The summed E-state index contributed by atoms with van der Waals surface area (Å²) in [6.07, 6.45) is 1.64. The molecular formula is C19H20Cl2FN5O2S. The molecule has 3 rings (SSSR count). The Labute approximate surface area is 187 Å². The lowest BCUT2D eigenvalue weighted by atomic mass is 10.2. The van der Waals surface area contributed by atoms with Crippen LogP contribution >= 0.6 is 34.5 Å². The van der Waals surface area contributed by atoms with E-state index in [-0.39, 0.29) is 30.0 Å². The molecule has 0 bridgehead atoms. The van der Waals surface area contributed by atoms with E-state index in [2.05, 4.69) is 20.5 Å². The fourth-order valence-electron chi connectivity index (χ4n) is 2.44. The Kier molecular flexibility index (Phi) is 7.43. The summed E-state index contributed by atoms with van der Waals surface area (Å²) in [5.74, 6) is -0.0894. The predicted molar refractivity (Wildman–Crippen MR) is 118 cm³/mol. The van der Waals surface area contributed by atoms with E-state index >= 15 is 0 Å². The van der Waals surface area contributed by atoms with Crippen LogP contribution in [0.2, 0.25) is 10.0 Å². The largest absolute Gasteiger partial charge is 0.489 e. The van der Waals surface area contributed by atoms with Crippen molar-refractivity contribution in [2.75, 3.05) is 18.5 Å². The number of nitrogens with two attached hydrogens (primary N) is 1. The maximum absolute atomic E-state index is 14.4. The fourth-order valence-corrected chi connectivity index (χ4v) is 3.81. The van der Waals surface area contributed by atoms with Crippen LogP contribution in [0.1, 0.15) is 13.8 Å². The van der Waals surface area contributed by atoms with E-state index in [1.54, 1.807) is 12.3 Å². The van der Waals surface area contributed by atoms with E-state index in [1.807, 2.05) is 13.8 Å². The second-order valence-electron chi connectivity index (χ2n) is 6.78. The molecule has 30 heavy (non-hydrogen) atoms. The van der Waals surface area contributed by atoms with Crippen molar-refractivity contribution in [2.24, 2.45) is 5.73 Å². The van der Waals surface area contributed by atoms with Gasteiger partial charge in [-0.05, 0) is 26.0 Å². The van der Waals surface area contributed by atoms with Gasteiger partial charge in [-0.2, -0.15) is 0 Å². The number of pyridine rings is 1. The van der Waals surface area contributed by atoms with Crippen molar-refractivity contribution in [3.8, 4) is 26.9 Å². The molecule has 0 fully saturated rings. The fraction of sp³-hybridized carbons (Fsp3) is 0.316. The quantitative estimate of drug-likeness (QED) is 0.451. The van der Waals surface area contributed by atoms with Crippen LogP contribution in [0.25, 0.3) is 21.1 Å². The molecule has 1 atom stereocenters. The van der Waals surface area contributed by atoms with Crippen molar-refractivity contribution in [3.05, 3.63) is 40.3 Å². The average molecular weight is 472 g/mol. The third kappa shape index (κ3) is 5.35. The van der Waals surface area contributed by atoms with Gasteiger partial charge in [0, 0.05) is 29.4 Å². The molecule has 2 heterocycles. The monoisotopic (exact) mass is 471 g/mol. The van der Waals surface area contributed by atoms with E-state index < -0.39 is 11.9 Å². The highest BCUT2D eigenvalue weighted by Crippen LogP contribution is 2.37.